The molecule has 0 amide bonds. The molecule has 0 spiro atoms. The second-order valence-electron chi connectivity index (χ2n) is 5.00. The standard InChI is InChI=1S/C11H24O6P2/c1-18(6-12,7-13)4-2-11(17)3-5-19(8-14,9-15)10-16/h8,12-13,15-16H,2-7,9-10H2,1H3/q+2. The van der Waals surface area contributed by atoms with Crippen molar-refractivity contribution in [3.05, 3.63) is 0 Å². The molecule has 0 aliphatic heterocycles. The first-order valence-corrected chi connectivity index (χ1v) is 11.2. The Bertz CT molecular complexity index is 289. The summed E-state index contributed by atoms with van der Waals surface area (Å²) in [6, 6.07) is 0.596. The van der Waals surface area contributed by atoms with Crippen LogP contribution >= 0.6 is 14.5 Å². The Morgan fingerprint density at radius 3 is 1.79 bits per heavy atom. The van der Waals surface area contributed by atoms with Gasteiger partial charge in [0.1, 0.15) is 13.0 Å². The highest BCUT2D eigenvalue weighted by atomic mass is 31.2. The molecule has 112 valence electrons. The highest BCUT2D eigenvalue weighted by Crippen LogP contribution is 2.55. The molecule has 0 rings (SSSR count). The van der Waals surface area contributed by atoms with Crippen molar-refractivity contribution in [1.29, 1.82) is 0 Å². The molecule has 0 unspecified atom stereocenters. The maximum Gasteiger partial charge on any atom is 0.261 e. The minimum atomic E-state index is -2.45. The van der Waals surface area contributed by atoms with Gasteiger partial charge in [0.15, 0.2) is 25.4 Å². The molecule has 0 aromatic rings. The van der Waals surface area contributed by atoms with Gasteiger partial charge >= 0.3 is 0 Å². The zero-order valence-electron chi connectivity index (χ0n) is 11.2. The van der Waals surface area contributed by atoms with Crippen molar-refractivity contribution in [2.24, 2.45) is 0 Å². The van der Waals surface area contributed by atoms with Gasteiger partial charge in [-0.1, -0.05) is 0 Å². The van der Waals surface area contributed by atoms with Gasteiger partial charge < -0.3 is 20.4 Å². The van der Waals surface area contributed by atoms with Crippen molar-refractivity contribution >= 4 is 26.3 Å². The van der Waals surface area contributed by atoms with Gasteiger partial charge in [0.25, 0.3) is 6.03 Å². The number of carbonyl (C=O) groups is 2. The van der Waals surface area contributed by atoms with E-state index >= 15 is 0 Å². The Labute approximate surface area is 114 Å². The molecule has 0 radical (unpaired) electrons. The summed E-state index contributed by atoms with van der Waals surface area (Å²) in [7, 11) is -4.29. The average molecular weight is 314 g/mol. The van der Waals surface area contributed by atoms with E-state index in [2.05, 4.69) is 0 Å². The number of carbonyl (C=O) groups excluding carboxylic acids is 2. The predicted molar refractivity (Wildman–Crippen MR) is 78.8 cm³/mol. The van der Waals surface area contributed by atoms with Crippen LogP contribution in [0.25, 0.3) is 0 Å². The lowest BCUT2D eigenvalue weighted by molar-refractivity contribution is -0.118. The molecule has 4 N–H and O–H groups in total. The maximum atomic E-state index is 11.7. The van der Waals surface area contributed by atoms with Crippen LogP contribution in [-0.4, -0.2) is 76.6 Å². The first-order chi connectivity index (χ1) is 8.90. The normalized spacial score (nSPS) is 12.5. The Morgan fingerprint density at radius 1 is 0.947 bits per heavy atom. The molecule has 6 nitrogen and oxygen atoms in total. The Hall–Kier alpha value is 0.0400. The van der Waals surface area contributed by atoms with E-state index < -0.39 is 14.5 Å². The Balaban J connectivity index is 4.23. The second kappa shape index (κ2) is 9.06. The third-order valence-electron chi connectivity index (χ3n) is 3.24. The highest BCUT2D eigenvalue weighted by molar-refractivity contribution is 7.88. The molecule has 0 bridgehead atoms. The van der Waals surface area contributed by atoms with Gasteiger partial charge in [-0.15, -0.1) is 0 Å². The molecular formula is C11H24O6P2+2. The number of aliphatic hydroxyl groups is 4. The summed E-state index contributed by atoms with van der Waals surface area (Å²) in [5.41, 5.74) is 0. The molecule has 8 heteroatoms. The third kappa shape index (κ3) is 6.35. The number of Topliss-reactive ketones (excluding diaryl/α,β-unsaturated/α-hetero) is 1. The maximum absolute atomic E-state index is 11.7. The van der Waals surface area contributed by atoms with Gasteiger partial charge in [-0.2, -0.15) is 0 Å². The molecular weight excluding hydrogens is 290 g/mol. The van der Waals surface area contributed by atoms with Crippen molar-refractivity contribution in [1.82, 2.24) is 0 Å². The van der Waals surface area contributed by atoms with Crippen LogP contribution in [0.2, 0.25) is 0 Å². The minimum absolute atomic E-state index is 0.0683. The van der Waals surface area contributed by atoms with Gasteiger partial charge in [-0.3, -0.25) is 9.59 Å². The number of aliphatic hydroxyl groups excluding tert-OH is 4. The molecule has 0 atom stereocenters. The lowest BCUT2D eigenvalue weighted by Gasteiger charge is -2.17. The van der Waals surface area contributed by atoms with Crippen LogP contribution in [0.4, 0.5) is 0 Å². The van der Waals surface area contributed by atoms with E-state index in [0.29, 0.717) is 12.2 Å². The largest absolute Gasteiger partial charge is 0.362 e. The topological polar surface area (TPSA) is 115 Å². The van der Waals surface area contributed by atoms with Crippen LogP contribution in [-0.2, 0) is 9.59 Å². The summed E-state index contributed by atoms with van der Waals surface area (Å²) in [5, 5.41) is 36.5. The SMILES string of the molecule is C[P+](CO)(CO)CCC(=O)CC[P+](C=O)(CO)CO. The fourth-order valence-electron chi connectivity index (χ4n) is 1.36. The van der Waals surface area contributed by atoms with Crippen LogP contribution in [0.1, 0.15) is 12.8 Å². The van der Waals surface area contributed by atoms with E-state index in [0.717, 1.165) is 0 Å². The van der Waals surface area contributed by atoms with E-state index in [-0.39, 0.29) is 50.2 Å². The lowest BCUT2D eigenvalue weighted by Crippen LogP contribution is -2.14. The van der Waals surface area contributed by atoms with E-state index in [1.165, 1.54) is 0 Å². The first-order valence-electron chi connectivity index (χ1n) is 6.01. The third-order valence-corrected chi connectivity index (χ3v) is 8.59. The van der Waals surface area contributed by atoms with Gasteiger partial charge in [0.2, 0.25) is 0 Å². The molecule has 0 saturated heterocycles. The fraction of sp³-hybridized carbons (Fsp3) is 0.818. The predicted octanol–water partition coefficient (Wildman–Crippen LogP) is -0.00990. The van der Waals surface area contributed by atoms with Crippen LogP contribution in [0.15, 0.2) is 0 Å². The van der Waals surface area contributed by atoms with Crippen molar-refractivity contribution in [3.63, 3.8) is 0 Å². The van der Waals surface area contributed by atoms with Crippen molar-refractivity contribution in [2.75, 3.05) is 44.4 Å². The summed E-state index contributed by atoms with van der Waals surface area (Å²) in [6.45, 7) is 1.80. The summed E-state index contributed by atoms with van der Waals surface area (Å²) < 4.78 is 0. The average Bonchev–Trinajstić information content (AvgIpc) is 2.46. The molecule has 0 saturated carbocycles. The van der Waals surface area contributed by atoms with E-state index in [4.69, 9.17) is 20.4 Å². The van der Waals surface area contributed by atoms with Crippen molar-refractivity contribution < 1.29 is 30.0 Å². The summed E-state index contributed by atoms with van der Waals surface area (Å²) in [6.07, 6.45) is 0.159. The Morgan fingerprint density at radius 2 is 1.42 bits per heavy atom. The number of hydrogen-bond donors (Lipinski definition) is 4. The van der Waals surface area contributed by atoms with Crippen molar-refractivity contribution in [2.45, 2.75) is 12.8 Å². The monoisotopic (exact) mass is 314 g/mol. The highest BCUT2D eigenvalue weighted by Gasteiger charge is 2.37. The van der Waals surface area contributed by atoms with Crippen LogP contribution in [0.5, 0.6) is 0 Å². The number of ketones is 1. The smallest absolute Gasteiger partial charge is 0.261 e. The van der Waals surface area contributed by atoms with Crippen LogP contribution < -0.4 is 0 Å². The van der Waals surface area contributed by atoms with Crippen LogP contribution in [0, 0.1) is 0 Å². The molecule has 0 aliphatic carbocycles. The quantitative estimate of drug-likeness (QED) is 0.315. The lowest BCUT2D eigenvalue weighted by atomic mass is 10.2. The number of hydrogen-bond acceptors (Lipinski definition) is 6. The van der Waals surface area contributed by atoms with Gasteiger partial charge in [-0.25, -0.2) is 0 Å². The van der Waals surface area contributed by atoms with E-state index in [1.54, 1.807) is 6.66 Å². The summed E-state index contributed by atoms with van der Waals surface area (Å²) in [4.78, 5) is 22.6. The van der Waals surface area contributed by atoms with Gasteiger partial charge in [0, 0.05) is 12.8 Å². The molecule has 0 aliphatic rings. The molecule has 0 aromatic heterocycles. The first kappa shape index (κ1) is 19.0. The van der Waals surface area contributed by atoms with Gasteiger partial charge in [0.05, 0.1) is 26.3 Å². The fourth-order valence-corrected chi connectivity index (χ4v) is 3.83. The zero-order chi connectivity index (χ0) is 14.9. The minimum Gasteiger partial charge on any atom is -0.362 e. The van der Waals surface area contributed by atoms with Crippen LogP contribution in [0.3, 0.4) is 0 Å². The summed E-state index contributed by atoms with van der Waals surface area (Å²) >= 11 is 0. The van der Waals surface area contributed by atoms with E-state index in [9.17, 15) is 9.59 Å². The van der Waals surface area contributed by atoms with E-state index in [1.807, 2.05) is 0 Å². The molecule has 0 aromatic carbocycles. The molecule has 19 heavy (non-hydrogen) atoms. The zero-order valence-corrected chi connectivity index (χ0v) is 13.0. The van der Waals surface area contributed by atoms with Gasteiger partial charge in [-0.05, 0) is 0 Å². The second-order valence-corrected chi connectivity index (χ2v) is 12.9. The number of rotatable bonds is 11. The van der Waals surface area contributed by atoms with Crippen molar-refractivity contribution in [3.8, 4) is 0 Å². The molecule has 0 fully saturated rings. The molecule has 0 heterocycles. The summed E-state index contributed by atoms with van der Waals surface area (Å²) in [5.74, 6) is -0.0683. The Kier molecular flexibility index (Phi) is 9.08.